The Morgan fingerprint density at radius 2 is 2.32 bits per heavy atom. The molecule has 0 radical (unpaired) electrons. The highest BCUT2D eigenvalue weighted by molar-refractivity contribution is 5.88. The average Bonchev–Trinajstić information content (AvgIpc) is 2.88. The molecule has 0 aliphatic heterocycles. The van der Waals surface area contributed by atoms with Gasteiger partial charge in [0.05, 0.1) is 6.33 Å². The first-order valence-corrected chi connectivity index (χ1v) is 6.23. The maximum Gasteiger partial charge on any atom is 0.221 e. The molecule has 0 saturated heterocycles. The molecule has 1 amide bonds. The van der Waals surface area contributed by atoms with Crippen LogP contribution >= 0.6 is 0 Å². The van der Waals surface area contributed by atoms with Crippen molar-refractivity contribution in [1.29, 1.82) is 0 Å². The van der Waals surface area contributed by atoms with Gasteiger partial charge in [-0.15, -0.1) is 0 Å². The Bertz CT molecular complexity index is 536. The van der Waals surface area contributed by atoms with Crippen molar-refractivity contribution in [3.05, 3.63) is 48.0 Å². The van der Waals surface area contributed by atoms with Crippen LogP contribution < -0.4 is 10.6 Å². The standard InChI is InChI=1S/C14H18N4O/c1-10(16-8-14-7-15-9-17-14)12-4-3-5-13(6-12)18-11(2)19/h3-7,9-10,16H,8H2,1-2H3,(H,15,17)(H,18,19). The summed E-state index contributed by atoms with van der Waals surface area (Å²) in [5.74, 6) is -0.0600. The van der Waals surface area contributed by atoms with Gasteiger partial charge in [-0.2, -0.15) is 0 Å². The highest BCUT2D eigenvalue weighted by Crippen LogP contribution is 2.17. The number of aromatic nitrogens is 2. The van der Waals surface area contributed by atoms with Crippen molar-refractivity contribution >= 4 is 11.6 Å². The molecule has 1 aromatic carbocycles. The number of amides is 1. The summed E-state index contributed by atoms with van der Waals surface area (Å²) in [5, 5.41) is 6.18. The normalized spacial score (nSPS) is 12.1. The van der Waals surface area contributed by atoms with E-state index in [-0.39, 0.29) is 11.9 Å². The fourth-order valence-electron chi connectivity index (χ4n) is 1.85. The molecule has 0 bridgehead atoms. The van der Waals surface area contributed by atoms with E-state index in [1.807, 2.05) is 24.3 Å². The summed E-state index contributed by atoms with van der Waals surface area (Å²) in [6.45, 7) is 4.32. The lowest BCUT2D eigenvalue weighted by atomic mass is 10.1. The van der Waals surface area contributed by atoms with E-state index in [0.29, 0.717) is 0 Å². The molecule has 1 unspecified atom stereocenters. The molecule has 0 spiro atoms. The molecule has 0 aliphatic rings. The molecule has 5 heteroatoms. The molecule has 0 aliphatic carbocycles. The first-order valence-electron chi connectivity index (χ1n) is 6.23. The molecule has 100 valence electrons. The quantitative estimate of drug-likeness (QED) is 0.770. The second kappa shape index (κ2) is 6.15. The second-order valence-corrected chi connectivity index (χ2v) is 4.49. The van der Waals surface area contributed by atoms with Crippen LogP contribution in [0.25, 0.3) is 0 Å². The Labute approximate surface area is 112 Å². The van der Waals surface area contributed by atoms with Gasteiger partial charge in [0.1, 0.15) is 0 Å². The van der Waals surface area contributed by atoms with Crippen molar-refractivity contribution in [3.63, 3.8) is 0 Å². The lowest BCUT2D eigenvalue weighted by Crippen LogP contribution is -2.18. The van der Waals surface area contributed by atoms with Gasteiger partial charge in [-0.3, -0.25) is 4.79 Å². The molecule has 2 rings (SSSR count). The number of hydrogen-bond donors (Lipinski definition) is 3. The third-order valence-electron chi connectivity index (χ3n) is 2.86. The van der Waals surface area contributed by atoms with Crippen LogP contribution in [0.15, 0.2) is 36.8 Å². The third-order valence-corrected chi connectivity index (χ3v) is 2.86. The van der Waals surface area contributed by atoms with Crippen molar-refractivity contribution in [3.8, 4) is 0 Å². The van der Waals surface area contributed by atoms with Gasteiger partial charge in [-0.1, -0.05) is 12.1 Å². The summed E-state index contributed by atoms with van der Waals surface area (Å²) in [5.41, 5.74) is 3.00. The molecule has 3 N–H and O–H groups in total. The van der Waals surface area contributed by atoms with Crippen LogP contribution in [0.2, 0.25) is 0 Å². The van der Waals surface area contributed by atoms with E-state index in [1.165, 1.54) is 6.92 Å². The van der Waals surface area contributed by atoms with E-state index in [2.05, 4.69) is 27.5 Å². The molecule has 1 aromatic heterocycles. The summed E-state index contributed by atoms with van der Waals surface area (Å²) in [6.07, 6.45) is 3.46. The van der Waals surface area contributed by atoms with Gasteiger partial charge in [-0.05, 0) is 24.6 Å². The molecule has 2 aromatic rings. The number of benzene rings is 1. The van der Waals surface area contributed by atoms with Gasteiger partial charge in [0.15, 0.2) is 0 Å². The van der Waals surface area contributed by atoms with E-state index in [4.69, 9.17) is 0 Å². The largest absolute Gasteiger partial charge is 0.347 e. The number of anilines is 1. The Kier molecular flexibility index (Phi) is 4.30. The summed E-state index contributed by atoms with van der Waals surface area (Å²) in [7, 11) is 0. The minimum absolute atomic E-state index is 0.0600. The topological polar surface area (TPSA) is 69.8 Å². The molecule has 0 saturated carbocycles. The first-order chi connectivity index (χ1) is 9.15. The lowest BCUT2D eigenvalue weighted by Gasteiger charge is -2.14. The number of nitrogens with zero attached hydrogens (tertiary/aromatic N) is 1. The smallest absolute Gasteiger partial charge is 0.221 e. The average molecular weight is 258 g/mol. The van der Waals surface area contributed by atoms with Crippen LogP contribution in [0.5, 0.6) is 0 Å². The van der Waals surface area contributed by atoms with Gasteiger partial charge >= 0.3 is 0 Å². The highest BCUT2D eigenvalue weighted by Gasteiger charge is 2.06. The number of carbonyl (C=O) groups excluding carboxylic acids is 1. The van der Waals surface area contributed by atoms with Crippen LogP contribution in [-0.4, -0.2) is 15.9 Å². The summed E-state index contributed by atoms with van der Waals surface area (Å²) in [6, 6.07) is 8.03. The monoisotopic (exact) mass is 258 g/mol. The van der Waals surface area contributed by atoms with Crippen LogP contribution in [0.4, 0.5) is 5.69 Å². The minimum atomic E-state index is -0.0600. The third kappa shape index (κ3) is 3.93. The SMILES string of the molecule is CC(=O)Nc1cccc(C(C)NCc2cnc[nH]2)c1. The molecule has 5 nitrogen and oxygen atoms in total. The number of aromatic amines is 1. The molecular formula is C14H18N4O. The van der Waals surface area contributed by atoms with E-state index < -0.39 is 0 Å². The Balaban J connectivity index is 1.98. The van der Waals surface area contributed by atoms with Crippen molar-refractivity contribution in [1.82, 2.24) is 15.3 Å². The zero-order chi connectivity index (χ0) is 13.7. The number of carbonyl (C=O) groups is 1. The summed E-state index contributed by atoms with van der Waals surface area (Å²) < 4.78 is 0. The van der Waals surface area contributed by atoms with Crippen molar-refractivity contribution in [2.24, 2.45) is 0 Å². The maximum atomic E-state index is 11.0. The summed E-state index contributed by atoms with van der Waals surface area (Å²) >= 11 is 0. The van der Waals surface area contributed by atoms with Crippen LogP contribution in [0.1, 0.15) is 31.1 Å². The predicted octanol–water partition coefficient (Wildman–Crippen LogP) is 2.22. The van der Waals surface area contributed by atoms with Crippen LogP contribution in [-0.2, 0) is 11.3 Å². The Morgan fingerprint density at radius 3 is 3.00 bits per heavy atom. The van der Waals surface area contributed by atoms with Gasteiger partial charge < -0.3 is 15.6 Å². The zero-order valence-electron chi connectivity index (χ0n) is 11.1. The van der Waals surface area contributed by atoms with E-state index in [0.717, 1.165) is 23.5 Å². The number of rotatable bonds is 5. The van der Waals surface area contributed by atoms with E-state index in [1.54, 1.807) is 12.5 Å². The van der Waals surface area contributed by atoms with Crippen LogP contribution in [0, 0.1) is 0 Å². The molecular weight excluding hydrogens is 240 g/mol. The summed E-state index contributed by atoms with van der Waals surface area (Å²) in [4.78, 5) is 18.1. The van der Waals surface area contributed by atoms with Gasteiger partial charge in [-0.25, -0.2) is 4.98 Å². The fraction of sp³-hybridized carbons (Fsp3) is 0.286. The molecule has 1 atom stereocenters. The Hall–Kier alpha value is -2.14. The van der Waals surface area contributed by atoms with Gasteiger partial charge in [0.25, 0.3) is 0 Å². The Morgan fingerprint density at radius 1 is 1.47 bits per heavy atom. The first kappa shape index (κ1) is 13.3. The lowest BCUT2D eigenvalue weighted by molar-refractivity contribution is -0.114. The molecule has 19 heavy (non-hydrogen) atoms. The second-order valence-electron chi connectivity index (χ2n) is 4.49. The van der Waals surface area contributed by atoms with E-state index in [9.17, 15) is 4.79 Å². The number of nitrogens with one attached hydrogen (secondary N) is 3. The van der Waals surface area contributed by atoms with Crippen LogP contribution in [0.3, 0.4) is 0 Å². The van der Waals surface area contributed by atoms with Gasteiger partial charge in [0.2, 0.25) is 5.91 Å². The fourth-order valence-corrected chi connectivity index (χ4v) is 1.85. The van der Waals surface area contributed by atoms with E-state index >= 15 is 0 Å². The number of hydrogen-bond acceptors (Lipinski definition) is 3. The highest BCUT2D eigenvalue weighted by atomic mass is 16.1. The minimum Gasteiger partial charge on any atom is -0.347 e. The van der Waals surface area contributed by atoms with Gasteiger partial charge in [0, 0.05) is 37.1 Å². The maximum absolute atomic E-state index is 11.0. The number of imidazole rings is 1. The molecule has 1 heterocycles. The van der Waals surface area contributed by atoms with Crippen molar-refractivity contribution in [2.45, 2.75) is 26.4 Å². The van der Waals surface area contributed by atoms with Crippen molar-refractivity contribution < 1.29 is 4.79 Å². The predicted molar refractivity (Wildman–Crippen MR) is 74.6 cm³/mol. The molecule has 0 fully saturated rings. The van der Waals surface area contributed by atoms with Crippen molar-refractivity contribution in [2.75, 3.05) is 5.32 Å². The zero-order valence-corrected chi connectivity index (χ0v) is 11.1. The number of H-pyrrole nitrogens is 1.